The van der Waals surface area contributed by atoms with Crippen molar-refractivity contribution < 1.29 is 9.05 Å². The predicted octanol–water partition coefficient (Wildman–Crippen LogP) is 2.65. The summed E-state index contributed by atoms with van der Waals surface area (Å²) in [6.45, 7) is 9.84. The molecule has 2 aromatic heterocycles. The van der Waals surface area contributed by atoms with Gasteiger partial charge in [-0.05, 0) is 19.4 Å². The Morgan fingerprint density at radius 1 is 1.14 bits per heavy atom. The highest BCUT2D eigenvalue weighted by Crippen LogP contribution is 2.31. The molecule has 0 aromatic carbocycles. The lowest BCUT2D eigenvalue weighted by atomic mass is 9.96. The van der Waals surface area contributed by atoms with E-state index in [1.807, 2.05) is 6.92 Å². The minimum absolute atomic E-state index is 0.101. The van der Waals surface area contributed by atoms with E-state index in [1.165, 1.54) is 0 Å². The fourth-order valence-electron chi connectivity index (χ4n) is 2.65. The van der Waals surface area contributed by atoms with Crippen LogP contribution in [0, 0.1) is 0 Å². The average molecular weight is 305 g/mol. The normalized spacial score (nSPS) is 19.9. The van der Waals surface area contributed by atoms with Gasteiger partial charge in [0.2, 0.25) is 11.8 Å². The second-order valence-electron chi connectivity index (χ2n) is 6.79. The zero-order valence-corrected chi connectivity index (χ0v) is 13.7. The largest absolute Gasteiger partial charge is 0.339 e. The number of aryl methyl sites for hydroxylation is 1. The zero-order valence-electron chi connectivity index (χ0n) is 13.7. The van der Waals surface area contributed by atoms with Crippen LogP contribution in [-0.4, -0.2) is 31.7 Å². The van der Waals surface area contributed by atoms with Crippen molar-refractivity contribution in [1.29, 1.82) is 0 Å². The number of aromatic nitrogens is 4. The highest BCUT2D eigenvalue weighted by Gasteiger charge is 2.31. The van der Waals surface area contributed by atoms with Gasteiger partial charge in [0, 0.05) is 11.8 Å². The highest BCUT2D eigenvalue weighted by molar-refractivity contribution is 5.02. The Bertz CT molecular complexity index is 628. The Labute approximate surface area is 130 Å². The van der Waals surface area contributed by atoms with Crippen molar-refractivity contribution >= 4 is 0 Å². The molecule has 1 aliphatic heterocycles. The van der Waals surface area contributed by atoms with Crippen LogP contribution in [0.1, 0.15) is 70.0 Å². The summed E-state index contributed by atoms with van der Waals surface area (Å²) in [5, 5.41) is 8.19. The molecule has 7 nitrogen and oxygen atoms in total. The quantitative estimate of drug-likeness (QED) is 0.858. The molecule has 2 aromatic rings. The molecule has 1 fully saturated rings. The Morgan fingerprint density at radius 2 is 1.91 bits per heavy atom. The third-order valence-corrected chi connectivity index (χ3v) is 3.93. The van der Waals surface area contributed by atoms with Crippen molar-refractivity contribution in [3.05, 3.63) is 23.4 Å². The van der Waals surface area contributed by atoms with Crippen molar-refractivity contribution in [1.82, 2.24) is 25.2 Å². The van der Waals surface area contributed by atoms with Gasteiger partial charge in [0.15, 0.2) is 11.6 Å². The van der Waals surface area contributed by atoms with Crippen LogP contribution in [0.4, 0.5) is 0 Å². The molecule has 0 aliphatic carbocycles. The minimum Gasteiger partial charge on any atom is -0.339 e. The van der Waals surface area contributed by atoms with Crippen LogP contribution in [0.25, 0.3) is 0 Å². The summed E-state index contributed by atoms with van der Waals surface area (Å²) in [6.07, 6.45) is 2.90. The van der Waals surface area contributed by atoms with Gasteiger partial charge in [0.05, 0.1) is 12.6 Å². The molecule has 1 aliphatic rings. The predicted molar refractivity (Wildman–Crippen MR) is 79.1 cm³/mol. The summed E-state index contributed by atoms with van der Waals surface area (Å²) in [4.78, 5) is 11.3. The Hall–Kier alpha value is -1.76. The fourth-order valence-corrected chi connectivity index (χ4v) is 2.65. The Balaban J connectivity index is 1.72. The first-order valence-corrected chi connectivity index (χ1v) is 7.87. The minimum atomic E-state index is -0.101. The van der Waals surface area contributed by atoms with Gasteiger partial charge in [-0.15, -0.1) is 0 Å². The van der Waals surface area contributed by atoms with Gasteiger partial charge in [-0.25, -0.2) is 0 Å². The molecule has 1 unspecified atom stereocenters. The van der Waals surface area contributed by atoms with E-state index in [0.717, 1.165) is 37.5 Å². The summed E-state index contributed by atoms with van der Waals surface area (Å²) >= 11 is 0. The van der Waals surface area contributed by atoms with Gasteiger partial charge >= 0.3 is 0 Å². The van der Waals surface area contributed by atoms with Crippen LogP contribution >= 0.6 is 0 Å². The first-order chi connectivity index (χ1) is 10.5. The number of rotatable bonds is 4. The number of hydrogen-bond donors (Lipinski definition) is 0. The van der Waals surface area contributed by atoms with E-state index in [0.29, 0.717) is 18.3 Å². The lowest BCUT2D eigenvalue weighted by Gasteiger charge is -2.19. The van der Waals surface area contributed by atoms with E-state index in [9.17, 15) is 0 Å². The monoisotopic (exact) mass is 305 g/mol. The molecule has 3 rings (SSSR count). The van der Waals surface area contributed by atoms with E-state index in [4.69, 9.17) is 9.05 Å². The van der Waals surface area contributed by atoms with E-state index in [1.54, 1.807) is 0 Å². The van der Waals surface area contributed by atoms with Crippen molar-refractivity contribution in [3.63, 3.8) is 0 Å². The second-order valence-corrected chi connectivity index (χ2v) is 6.79. The van der Waals surface area contributed by atoms with Gasteiger partial charge in [-0.3, -0.25) is 4.90 Å². The summed E-state index contributed by atoms with van der Waals surface area (Å²) < 4.78 is 10.6. The van der Waals surface area contributed by atoms with Crippen molar-refractivity contribution in [2.75, 3.05) is 6.54 Å². The molecule has 0 saturated carbocycles. The molecule has 120 valence electrons. The van der Waals surface area contributed by atoms with Gasteiger partial charge < -0.3 is 9.05 Å². The van der Waals surface area contributed by atoms with Crippen molar-refractivity contribution in [2.45, 2.75) is 65.0 Å². The van der Waals surface area contributed by atoms with Crippen LogP contribution in [0.3, 0.4) is 0 Å². The SMILES string of the molecule is CCc1nc(C2CCCN2Cc2nc(C(C)(C)C)no2)no1. The number of nitrogens with zero attached hydrogens (tertiary/aromatic N) is 5. The third-order valence-electron chi connectivity index (χ3n) is 3.93. The molecular formula is C15H23N5O2. The third kappa shape index (κ3) is 3.04. The molecule has 0 N–H and O–H groups in total. The maximum atomic E-state index is 5.40. The first-order valence-electron chi connectivity index (χ1n) is 7.87. The molecule has 0 amide bonds. The summed E-state index contributed by atoms with van der Waals surface area (Å²) in [6, 6.07) is 0.175. The van der Waals surface area contributed by atoms with Crippen molar-refractivity contribution in [3.8, 4) is 0 Å². The Kier molecular flexibility index (Phi) is 3.99. The van der Waals surface area contributed by atoms with Crippen LogP contribution in [-0.2, 0) is 18.4 Å². The van der Waals surface area contributed by atoms with Gasteiger partial charge in [-0.2, -0.15) is 9.97 Å². The molecule has 1 saturated heterocycles. The summed E-state index contributed by atoms with van der Waals surface area (Å²) in [5.74, 6) is 2.85. The summed E-state index contributed by atoms with van der Waals surface area (Å²) in [5.41, 5.74) is -0.101. The molecule has 1 atom stereocenters. The van der Waals surface area contributed by atoms with E-state index in [2.05, 4.69) is 46.0 Å². The van der Waals surface area contributed by atoms with Crippen LogP contribution < -0.4 is 0 Å². The molecule has 0 radical (unpaired) electrons. The van der Waals surface area contributed by atoms with Crippen molar-refractivity contribution in [2.24, 2.45) is 0 Å². The number of hydrogen-bond acceptors (Lipinski definition) is 7. The molecule has 0 spiro atoms. The van der Waals surface area contributed by atoms with Crippen LogP contribution in [0.2, 0.25) is 0 Å². The first kappa shape index (κ1) is 15.1. The Morgan fingerprint density at radius 3 is 2.55 bits per heavy atom. The molecule has 3 heterocycles. The van der Waals surface area contributed by atoms with E-state index in [-0.39, 0.29) is 11.5 Å². The second kappa shape index (κ2) is 5.79. The maximum Gasteiger partial charge on any atom is 0.240 e. The number of likely N-dealkylation sites (tertiary alicyclic amines) is 1. The molecular weight excluding hydrogens is 282 g/mol. The maximum absolute atomic E-state index is 5.40. The van der Waals surface area contributed by atoms with Gasteiger partial charge in [-0.1, -0.05) is 38.0 Å². The van der Waals surface area contributed by atoms with Crippen LogP contribution in [0.5, 0.6) is 0 Å². The van der Waals surface area contributed by atoms with E-state index < -0.39 is 0 Å². The van der Waals surface area contributed by atoms with Crippen LogP contribution in [0.15, 0.2) is 9.05 Å². The van der Waals surface area contributed by atoms with Gasteiger partial charge in [0.1, 0.15) is 0 Å². The lowest BCUT2D eigenvalue weighted by Crippen LogP contribution is -2.24. The van der Waals surface area contributed by atoms with Gasteiger partial charge in [0.25, 0.3) is 0 Å². The zero-order chi connectivity index (χ0) is 15.7. The molecule has 7 heteroatoms. The molecule has 22 heavy (non-hydrogen) atoms. The topological polar surface area (TPSA) is 81.1 Å². The smallest absolute Gasteiger partial charge is 0.240 e. The summed E-state index contributed by atoms with van der Waals surface area (Å²) in [7, 11) is 0. The molecule has 0 bridgehead atoms. The standard InChI is InChI=1S/C15H23N5O2/c1-5-11-16-13(18-21-11)10-7-6-8-20(10)9-12-17-14(19-22-12)15(2,3)4/h10H,5-9H2,1-4H3. The van der Waals surface area contributed by atoms with E-state index >= 15 is 0 Å². The highest BCUT2D eigenvalue weighted by atomic mass is 16.5. The average Bonchev–Trinajstić information content (AvgIpc) is 3.17. The fraction of sp³-hybridized carbons (Fsp3) is 0.733. The lowest BCUT2D eigenvalue weighted by molar-refractivity contribution is 0.202.